The number of para-hydroxylation sites is 1. The van der Waals surface area contributed by atoms with Crippen molar-refractivity contribution in [3.63, 3.8) is 0 Å². The average Bonchev–Trinajstić information content (AvgIpc) is 3.43. The van der Waals surface area contributed by atoms with Crippen LogP contribution in [0.4, 0.5) is 5.69 Å². The minimum absolute atomic E-state index is 0.338. The molecule has 0 amide bonds. The molecular formula is C25H36N2. The van der Waals surface area contributed by atoms with Gasteiger partial charge < -0.3 is 9.80 Å². The molecule has 2 saturated carbocycles. The van der Waals surface area contributed by atoms with E-state index in [4.69, 9.17) is 0 Å². The Hall–Kier alpha value is -1.44. The SMILES string of the molecule is Cc1ccccc1N1C(C2CCCC2)N2C=CC(C)(C3CCCC3)C2[C@@H]1C. The second kappa shape index (κ2) is 6.57. The number of hydrogen-bond acceptors (Lipinski definition) is 2. The van der Waals surface area contributed by atoms with Crippen molar-refractivity contribution in [2.75, 3.05) is 4.90 Å². The van der Waals surface area contributed by atoms with Gasteiger partial charge in [0.25, 0.3) is 0 Å². The van der Waals surface area contributed by atoms with Crippen LogP contribution in [-0.4, -0.2) is 23.1 Å². The predicted octanol–water partition coefficient (Wildman–Crippen LogP) is 6.11. The zero-order valence-electron chi connectivity index (χ0n) is 17.4. The van der Waals surface area contributed by atoms with Gasteiger partial charge >= 0.3 is 0 Å². The molecule has 0 radical (unpaired) electrons. The Kier molecular flexibility index (Phi) is 4.29. The first-order chi connectivity index (χ1) is 13.1. The van der Waals surface area contributed by atoms with Crippen molar-refractivity contribution in [1.82, 2.24) is 4.90 Å². The van der Waals surface area contributed by atoms with Crippen molar-refractivity contribution in [3.8, 4) is 0 Å². The molecule has 3 unspecified atom stereocenters. The smallest absolute Gasteiger partial charge is 0.105 e. The number of aryl methyl sites for hydroxylation is 1. The van der Waals surface area contributed by atoms with Crippen molar-refractivity contribution in [3.05, 3.63) is 42.1 Å². The first-order valence-corrected chi connectivity index (χ1v) is 11.4. The summed E-state index contributed by atoms with van der Waals surface area (Å²) < 4.78 is 0. The fourth-order valence-electron chi connectivity index (χ4n) is 7.18. The van der Waals surface area contributed by atoms with Gasteiger partial charge in [-0.2, -0.15) is 0 Å². The first kappa shape index (κ1) is 17.6. The normalized spacial score (nSPS) is 36.9. The summed E-state index contributed by atoms with van der Waals surface area (Å²) in [5.41, 5.74) is 3.24. The van der Waals surface area contributed by atoms with Crippen molar-refractivity contribution < 1.29 is 0 Å². The number of hydrogen-bond donors (Lipinski definition) is 0. The van der Waals surface area contributed by atoms with Crippen LogP contribution in [0.15, 0.2) is 36.5 Å². The summed E-state index contributed by atoms with van der Waals surface area (Å²) in [5.74, 6) is 1.68. The van der Waals surface area contributed by atoms with Crippen molar-refractivity contribution in [2.24, 2.45) is 17.3 Å². The molecule has 146 valence electrons. The number of nitrogens with zero attached hydrogens (tertiary/aromatic N) is 2. The molecule has 1 saturated heterocycles. The highest BCUT2D eigenvalue weighted by Gasteiger charge is 2.58. The van der Waals surface area contributed by atoms with Gasteiger partial charge in [0.2, 0.25) is 0 Å². The Labute approximate surface area is 165 Å². The minimum atomic E-state index is 0.338. The van der Waals surface area contributed by atoms with E-state index >= 15 is 0 Å². The summed E-state index contributed by atoms with van der Waals surface area (Å²) in [6, 6.07) is 10.3. The number of fused-ring (bicyclic) bond motifs is 1. The lowest BCUT2D eigenvalue weighted by Crippen LogP contribution is -2.45. The molecule has 2 heterocycles. The lowest BCUT2D eigenvalue weighted by molar-refractivity contribution is 0.118. The summed E-state index contributed by atoms with van der Waals surface area (Å²) in [5, 5.41) is 0. The number of anilines is 1. The van der Waals surface area contributed by atoms with E-state index in [9.17, 15) is 0 Å². The van der Waals surface area contributed by atoms with Crippen LogP contribution in [0.5, 0.6) is 0 Å². The van der Waals surface area contributed by atoms with E-state index in [1.807, 2.05) is 0 Å². The molecule has 4 aliphatic rings. The number of rotatable bonds is 3. The van der Waals surface area contributed by atoms with Crippen LogP contribution in [0.25, 0.3) is 0 Å². The van der Waals surface area contributed by atoms with Crippen LogP contribution in [0, 0.1) is 24.2 Å². The van der Waals surface area contributed by atoms with Gasteiger partial charge in [-0.15, -0.1) is 0 Å². The Bertz CT molecular complexity index is 713. The fraction of sp³-hybridized carbons (Fsp3) is 0.680. The summed E-state index contributed by atoms with van der Waals surface area (Å²) in [6.45, 7) is 7.39. The number of benzene rings is 1. The summed E-state index contributed by atoms with van der Waals surface area (Å²) in [6.07, 6.45) is 17.0. The zero-order valence-corrected chi connectivity index (χ0v) is 17.4. The van der Waals surface area contributed by atoms with Crippen molar-refractivity contribution >= 4 is 5.69 Å². The van der Waals surface area contributed by atoms with Gasteiger partial charge in [0, 0.05) is 17.1 Å². The third kappa shape index (κ3) is 2.58. The monoisotopic (exact) mass is 364 g/mol. The molecule has 27 heavy (non-hydrogen) atoms. The van der Waals surface area contributed by atoms with Gasteiger partial charge in [-0.05, 0) is 69.2 Å². The molecule has 5 rings (SSSR count). The van der Waals surface area contributed by atoms with Gasteiger partial charge in [-0.25, -0.2) is 0 Å². The lowest BCUT2D eigenvalue weighted by atomic mass is 9.70. The van der Waals surface area contributed by atoms with Gasteiger partial charge in [-0.3, -0.25) is 0 Å². The van der Waals surface area contributed by atoms with Crippen LogP contribution in [0.3, 0.4) is 0 Å². The van der Waals surface area contributed by atoms with E-state index in [2.05, 4.69) is 67.1 Å². The molecule has 2 nitrogen and oxygen atoms in total. The van der Waals surface area contributed by atoms with Gasteiger partial charge in [0.15, 0.2) is 0 Å². The largest absolute Gasteiger partial charge is 0.352 e. The molecule has 2 heteroatoms. The average molecular weight is 365 g/mol. The van der Waals surface area contributed by atoms with Crippen LogP contribution in [-0.2, 0) is 0 Å². The molecule has 2 aliphatic carbocycles. The molecular weight excluding hydrogens is 328 g/mol. The third-order valence-corrected chi connectivity index (χ3v) is 8.50. The van der Waals surface area contributed by atoms with E-state index in [1.54, 1.807) is 0 Å². The van der Waals surface area contributed by atoms with Crippen LogP contribution < -0.4 is 4.90 Å². The summed E-state index contributed by atoms with van der Waals surface area (Å²) in [7, 11) is 0. The minimum Gasteiger partial charge on any atom is -0.352 e. The molecule has 0 bridgehead atoms. The Morgan fingerprint density at radius 3 is 2.33 bits per heavy atom. The zero-order chi connectivity index (χ0) is 18.6. The maximum atomic E-state index is 2.83. The van der Waals surface area contributed by atoms with Crippen molar-refractivity contribution in [1.29, 1.82) is 0 Å². The van der Waals surface area contributed by atoms with E-state index in [1.165, 1.54) is 62.6 Å². The molecule has 0 N–H and O–H groups in total. The molecule has 1 aromatic carbocycles. The first-order valence-electron chi connectivity index (χ1n) is 11.4. The standard InChI is InChI=1S/C25H36N2/c1-18-10-4-9-15-22(18)27-19(2)23-25(3,21-13-7-8-14-21)16-17-26(23)24(27)20-11-5-6-12-20/h4,9-10,15-17,19-21,23-24H,5-8,11-14H2,1-3H3/t19-,23?,24?,25?/m0/s1. The molecule has 0 spiro atoms. The van der Waals surface area contributed by atoms with Gasteiger partial charge in [-0.1, -0.05) is 56.9 Å². The molecule has 2 aliphatic heterocycles. The van der Waals surface area contributed by atoms with Crippen LogP contribution >= 0.6 is 0 Å². The van der Waals surface area contributed by atoms with Crippen molar-refractivity contribution in [2.45, 2.75) is 90.4 Å². The highest BCUT2D eigenvalue weighted by atomic mass is 15.5. The topological polar surface area (TPSA) is 6.48 Å². The highest BCUT2D eigenvalue weighted by Crippen LogP contribution is 2.55. The van der Waals surface area contributed by atoms with Crippen LogP contribution in [0.1, 0.15) is 70.8 Å². The second-order valence-corrected chi connectivity index (χ2v) is 9.95. The van der Waals surface area contributed by atoms with E-state index in [0.717, 1.165) is 11.8 Å². The van der Waals surface area contributed by atoms with Crippen LogP contribution in [0.2, 0.25) is 0 Å². The maximum Gasteiger partial charge on any atom is 0.105 e. The summed E-state index contributed by atoms with van der Waals surface area (Å²) in [4.78, 5) is 5.64. The van der Waals surface area contributed by atoms with E-state index < -0.39 is 0 Å². The Balaban J connectivity index is 1.56. The molecule has 1 aromatic rings. The molecule has 0 aromatic heterocycles. The third-order valence-electron chi connectivity index (χ3n) is 8.50. The second-order valence-electron chi connectivity index (χ2n) is 9.95. The lowest BCUT2D eigenvalue weighted by Gasteiger charge is -2.39. The maximum absolute atomic E-state index is 2.83. The van der Waals surface area contributed by atoms with E-state index in [0.29, 0.717) is 23.7 Å². The van der Waals surface area contributed by atoms with Gasteiger partial charge in [0.05, 0.1) is 6.04 Å². The Morgan fingerprint density at radius 2 is 1.63 bits per heavy atom. The molecule has 3 fully saturated rings. The Morgan fingerprint density at radius 1 is 0.963 bits per heavy atom. The van der Waals surface area contributed by atoms with E-state index in [-0.39, 0.29) is 0 Å². The highest BCUT2D eigenvalue weighted by molar-refractivity contribution is 5.57. The summed E-state index contributed by atoms with van der Waals surface area (Å²) >= 11 is 0. The quantitative estimate of drug-likeness (QED) is 0.638. The predicted molar refractivity (Wildman–Crippen MR) is 114 cm³/mol. The van der Waals surface area contributed by atoms with Gasteiger partial charge in [0.1, 0.15) is 6.17 Å². The molecule has 4 atom stereocenters. The fourth-order valence-corrected chi connectivity index (χ4v) is 7.18.